The molecule has 2 N–H and O–H groups in total. The lowest BCUT2D eigenvalue weighted by molar-refractivity contribution is -0.117. The van der Waals surface area contributed by atoms with E-state index >= 15 is 0 Å². The van der Waals surface area contributed by atoms with Gasteiger partial charge in [0.05, 0.1) is 6.54 Å². The molecule has 0 atom stereocenters. The molecule has 0 unspecified atom stereocenters. The minimum atomic E-state index is -0.423. The third-order valence-electron chi connectivity index (χ3n) is 3.69. The van der Waals surface area contributed by atoms with Gasteiger partial charge in [0.2, 0.25) is 5.91 Å². The molecule has 3 amide bonds. The van der Waals surface area contributed by atoms with E-state index in [1.807, 2.05) is 24.3 Å². The molecular weight excluding hydrogens is 314 g/mol. The van der Waals surface area contributed by atoms with Crippen molar-refractivity contribution in [1.29, 1.82) is 0 Å². The highest BCUT2D eigenvalue weighted by Crippen LogP contribution is 2.27. The zero-order chi connectivity index (χ0) is 16.2. The van der Waals surface area contributed by atoms with Crippen LogP contribution in [0.3, 0.4) is 0 Å². The number of rotatable bonds is 3. The highest BCUT2D eigenvalue weighted by Gasteiger charge is 2.24. The molecule has 0 aliphatic carbocycles. The third kappa shape index (κ3) is 3.63. The first-order valence-electron chi connectivity index (χ1n) is 7.32. The van der Waals surface area contributed by atoms with E-state index < -0.39 is 6.03 Å². The second-order valence-corrected chi connectivity index (χ2v) is 5.68. The number of nitrogens with zero attached hydrogens (tertiary/aromatic N) is 1. The Bertz CT molecular complexity index is 731. The van der Waals surface area contributed by atoms with Crippen LogP contribution in [0, 0.1) is 0 Å². The number of hydrogen-bond acceptors (Lipinski definition) is 2. The second kappa shape index (κ2) is 6.71. The van der Waals surface area contributed by atoms with Crippen LogP contribution in [-0.4, -0.2) is 25.0 Å². The number of anilines is 2. The van der Waals surface area contributed by atoms with Crippen molar-refractivity contribution in [3.63, 3.8) is 0 Å². The van der Waals surface area contributed by atoms with E-state index in [-0.39, 0.29) is 12.5 Å². The van der Waals surface area contributed by atoms with Crippen LogP contribution >= 0.6 is 11.6 Å². The summed E-state index contributed by atoms with van der Waals surface area (Å²) in [6, 6.07) is 14.1. The number of benzene rings is 2. The number of urea groups is 1. The van der Waals surface area contributed by atoms with Gasteiger partial charge in [0.1, 0.15) is 0 Å². The molecule has 1 heterocycles. The van der Waals surface area contributed by atoms with Crippen LogP contribution in [0.5, 0.6) is 0 Å². The molecule has 2 aromatic carbocycles. The van der Waals surface area contributed by atoms with Crippen molar-refractivity contribution in [3.8, 4) is 0 Å². The van der Waals surface area contributed by atoms with Crippen LogP contribution in [0.4, 0.5) is 16.2 Å². The number of carbonyl (C=O) groups is 2. The molecule has 23 heavy (non-hydrogen) atoms. The summed E-state index contributed by atoms with van der Waals surface area (Å²) in [5.41, 5.74) is 2.70. The Hall–Kier alpha value is -2.53. The van der Waals surface area contributed by atoms with E-state index in [9.17, 15) is 9.59 Å². The van der Waals surface area contributed by atoms with Gasteiger partial charge in [-0.05, 0) is 42.3 Å². The van der Waals surface area contributed by atoms with Gasteiger partial charge >= 0.3 is 6.03 Å². The van der Waals surface area contributed by atoms with Crippen molar-refractivity contribution in [2.45, 2.75) is 6.42 Å². The SMILES string of the molecule is O=C(NCC(=O)N1CCc2ccccc21)Nc1ccc(Cl)cc1. The van der Waals surface area contributed by atoms with E-state index in [1.54, 1.807) is 29.2 Å². The summed E-state index contributed by atoms with van der Waals surface area (Å²) in [5.74, 6) is -0.124. The Morgan fingerprint density at radius 1 is 1.09 bits per heavy atom. The monoisotopic (exact) mass is 329 g/mol. The molecule has 1 aliphatic rings. The van der Waals surface area contributed by atoms with Gasteiger partial charge in [0, 0.05) is 22.9 Å². The van der Waals surface area contributed by atoms with Crippen LogP contribution in [0.1, 0.15) is 5.56 Å². The molecule has 6 heteroatoms. The standard InChI is InChI=1S/C17H16ClN3O2/c18-13-5-7-14(8-6-13)20-17(23)19-11-16(22)21-10-9-12-3-1-2-4-15(12)21/h1-8H,9-11H2,(H2,19,20,23). The first-order valence-corrected chi connectivity index (χ1v) is 7.70. The zero-order valence-electron chi connectivity index (χ0n) is 12.4. The van der Waals surface area contributed by atoms with Crippen LogP contribution in [0.2, 0.25) is 5.02 Å². The smallest absolute Gasteiger partial charge is 0.319 e. The highest BCUT2D eigenvalue weighted by atomic mass is 35.5. The molecule has 0 saturated heterocycles. The van der Waals surface area contributed by atoms with E-state index in [1.165, 1.54) is 0 Å². The topological polar surface area (TPSA) is 61.4 Å². The normalized spacial score (nSPS) is 12.7. The summed E-state index contributed by atoms with van der Waals surface area (Å²) < 4.78 is 0. The van der Waals surface area contributed by atoms with Crippen LogP contribution < -0.4 is 15.5 Å². The lowest BCUT2D eigenvalue weighted by Gasteiger charge is -2.17. The predicted molar refractivity (Wildman–Crippen MR) is 91.0 cm³/mol. The summed E-state index contributed by atoms with van der Waals surface area (Å²) in [6.07, 6.45) is 0.846. The highest BCUT2D eigenvalue weighted by molar-refractivity contribution is 6.30. The summed E-state index contributed by atoms with van der Waals surface area (Å²) in [5, 5.41) is 5.83. The van der Waals surface area contributed by atoms with Crippen molar-refractivity contribution in [3.05, 3.63) is 59.1 Å². The quantitative estimate of drug-likeness (QED) is 0.909. The van der Waals surface area contributed by atoms with Gasteiger partial charge < -0.3 is 15.5 Å². The first kappa shape index (κ1) is 15.4. The summed E-state index contributed by atoms with van der Waals surface area (Å²) >= 11 is 5.79. The molecule has 0 radical (unpaired) electrons. The Labute approximate surface area is 139 Å². The molecule has 0 saturated carbocycles. The largest absolute Gasteiger partial charge is 0.329 e. The fraction of sp³-hybridized carbons (Fsp3) is 0.176. The van der Waals surface area contributed by atoms with Crippen molar-refractivity contribution in [1.82, 2.24) is 5.32 Å². The van der Waals surface area contributed by atoms with Crippen molar-refractivity contribution >= 4 is 34.9 Å². The fourth-order valence-electron chi connectivity index (χ4n) is 2.56. The third-order valence-corrected chi connectivity index (χ3v) is 3.94. The molecule has 5 nitrogen and oxygen atoms in total. The van der Waals surface area contributed by atoms with Gasteiger partial charge in [-0.1, -0.05) is 29.8 Å². The summed E-state index contributed by atoms with van der Waals surface area (Å²) in [7, 11) is 0. The maximum Gasteiger partial charge on any atom is 0.319 e. The molecule has 0 fully saturated rings. The average Bonchev–Trinajstić information content (AvgIpc) is 2.99. The molecule has 1 aliphatic heterocycles. The molecule has 0 spiro atoms. The van der Waals surface area contributed by atoms with Crippen LogP contribution in [-0.2, 0) is 11.2 Å². The molecule has 0 bridgehead atoms. The van der Waals surface area contributed by atoms with Crippen LogP contribution in [0.25, 0.3) is 0 Å². The average molecular weight is 330 g/mol. The van der Waals surface area contributed by atoms with E-state index in [0.29, 0.717) is 17.3 Å². The van der Waals surface area contributed by atoms with E-state index in [4.69, 9.17) is 11.6 Å². The maximum absolute atomic E-state index is 12.3. The molecular formula is C17H16ClN3O2. The summed E-state index contributed by atoms with van der Waals surface area (Å²) in [4.78, 5) is 25.8. The lowest BCUT2D eigenvalue weighted by atomic mass is 10.2. The molecule has 0 aromatic heterocycles. The van der Waals surface area contributed by atoms with Gasteiger partial charge in [-0.3, -0.25) is 4.79 Å². The van der Waals surface area contributed by atoms with E-state index in [0.717, 1.165) is 17.7 Å². The minimum absolute atomic E-state index is 0.0479. The minimum Gasteiger partial charge on any atom is -0.329 e. The number of carbonyl (C=O) groups excluding carboxylic acids is 2. The predicted octanol–water partition coefficient (Wildman–Crippen LogP) is 3.05. The Kier molecular flexibility index (Phi) is 4.48. The number of para-hydroxylation sites is 1. The second-order valence-electron chi connectivity index (χ2n) is 5.24. The number of amides is 3. The Morgan fingerprint density at radius 3 is 2.61 bits per heavy atom. The Balaban J connectivity index is 1.53. The number of nitrogens with one attached hydrogen (secondary N) is 2. The number of halogens is 1. The number of hydrogen-bond donors (Lipinski definition) is 2. The lowest BCUT2D eigenvalue weighted by Crippen LogP contribution is -2.41. The van der Waals surface area contributed by atoms with Gasteiger partial charge in [-0.15, -0.1) is 0 Å². The molecule has 2 aromatic rings. The van der Waals surface area contributed by atoms with E-state index in [2.05, 4.69) is 10.6 Å². The Morgan fingerprint density at radius 2 is 1.83 bits per heavy atom. The van der Waals surface area contributed by atoms with Crippen LogP contribution in [0.15, 0.2) is 48.5 Å². The van der Waals surface area contributed by atoms with Gasteiger partial charge in [0.15, 0.2) is 0 Å². The van der Waals surface area contributed by atoms with Gasteiger partial charge in [-0.2, -0.15) is 0 Å². The maximum atomic E-state index is 12.3. The first-order chi connectivity index (χ1) is 11.1. The molecule has 3 rings (SSSR count). The number of fused-ring (bicyclic) bond motifs is 1. The van der Waals surface area contributed by atoms with Crippen molar-refractivity contribution in [2.24, 2.45) is 0 Å². The van der Waals surface area contributed by atoms with Gasteiger partial charge in [-0.25, -0.2) is 4.79 Å². The van der Waals surface area contributed by atoms with Crippen molar-refractivity contribution < 1.29 is 9.59 Å². The van der Waals surface area contributed by atoms with Crippen molar-refractivity contribution in [2.75, 3.05) is 23.3 Å². The fourth-order valence-corrected chi connectivity index (χ4v) is 2.68. The molecule has 118 valence electrons. The van der Waals surface area contributed by atoms with Gasteiger partial charge in [0.25, 0.3) is 0 Å². The summed E-state index contributed by atoms with van der Waals surface area (Å²) in [6.45, 7) is 0.604. The zero-order valence-corrected chi connectivity index (χ0v) is 13.1.